The molecule has 152 valence electrons. The predicted octanol–water partition coefficient (Wildman–Crippen LogP) is 2.28. The van der Waals surface area contributed by atoms with E-state index in [1.165, 1.54) is 22.9 Å². The highest BCUT2D eigenvalue weighted by Crippen LogP contribution is 2.28. The monoisotopic (exact) mass is 419 g/mol. The van der Waals surface area contributed by atoms with Gasteiger partial charge >= 0.3 is 0 Å². The minimum atomic E-state index is -0.900. The van der Waals surface area contributed by atoms with Gasteiger partial charge in [-0.05, 0) is 37.0 Å². The lowest BCUT2D eigenvalue weighted by Crippen LogP contribution is -2.51. The number of nitrogens with one attached hydrogen (secondary N) is 1. The van der Waals surface area contributed by atoms with Gasteiger partial charge in [0, 0.05) is 36.9 Å². The summed E-state index contributed by atoms with van der Waals surface area (Å²) in [6.07, 6.45) is 4.05. The third kappa shape index (κ3) is 3.48. The van der Waals surface area contributed by atoms with Crippen LogP contribution in [0.5, 0.6) is 5.75 Å². The highest BCUT2D eigenvalue weighted by Gasteiger charge is 2.37. The van der Waals surface area contributed by atoms with Crippen molar-refractivity contribution in [3.8, 4) is 5.75 Å². The topological polar surface area (TPSA) is 91.6 Å². The second-order valence-corrected chi connectivity index (χ2v) is 7.70. The Morgan fingerprint density at radius 2 is 2.10 bits per heavy atom. The van der Waals surface area contributed by atoms with Crippen molar-refractivity contribution in [2.24, 2.45) is 0 Å². The number of hydrogen-bond donors (Lipinski definition) is 2. The van der Waals surface area contributed by atoms with E-state index in [9.17, 15) is 23.9 Å². The molecule has 2 aliphatic heterocycles. The fraction of sp³-hybridized carbons (Fsp3) is 0.350. The molecule has 2 aliphatic rings. The first kappa shape index (κ1) is 19.4. The SMILES string of the molecule is O=C(NCc1ccc(F)cc1Cl)c1cn2c(c(O)c1=O)C(=O)N1CCCCC1C2. The standard InChI is InChI=1S/C20H19ClFN3O4/c21-15-7-12(22)5-4-11(15)8-23-19(28)14-10-24-9-13-3-1-2-6-25(13)20(29)16(24)18(27)17(14)26/h4-5,7,10,13,27H,1-3,6,8-9H2,(H,23,28). The zero-order valence-electron chi connectivity index (χ0n) is 15.5. The number of aromatic hydroxyl groups is 1. The predicted molar refractivity (Wildman–Crippen MR) is 104 cm³/mol. The van der Waals surface area contributed by atoms with E-state index in [1.54, 1.807) is 4.90 Å². The van der Waals surface area contributed by atoms with Crippen LogP contribution >= 0.6 is 11.6 Å². The van der Waals surface area contributed by atoms with Crippen molar-refractivity contribution < 1.29 is 19.1 Å². The summed E-state index contributed by atoms with van der Waals surface area (Å²) in [5.74, 6) is -2.31. The second kappa shape index (κ2) is 7.51. The van der Waals surface area contributed by atoms with Crippen molar-refractivity contribution in [3.63, 3.8) is 0 Å². The van der Waals surface area contributed by atoms with Crippen LogP contribution in [-0.2, 0) is 13.1 Å². The lowest BCUT2D eigenvalue weighted by Gasteiger charge is -2.40. The first-order chi connectivity index (χ1) is 13.9. The lowest BCUT2D eigenvalue weighted by atomic mass is 9.98. The van der Waals surface area contributed by atoms with Crippen LogP contribution in [0.2, 0.25) is 5.02 Å². The van der Waals surface area contributed by atoms with E-state index in [1.807, 2.05) is 0 Å². The van der Waals surface area contributed by atoms with Gasteiger partial charge in [0.05, 0.1) is 0 Å². The number of aromatic nitrogens is 1. The second-order valence-electron chi connectivity index (χ2n) is 7.29. The number of amides is 2. The Hall–Kier alpha value is -2.87. The Morgan fingerprint density at radius 3 is 2.86 bits per heavy atom. The van der Waals surface area contributed by atoms with Crippen LogP contribution in [0, 0.1) is 5.82 Å². The maximum atomic E-state index is 13.1. The minimum Gasteiger partial charge on any atom is -0.503 e. The van der Waals surface area contributed by atoms with Gasteiger partial charge in [-0.25, -0.2) is 4.39 Å². The molecule has 1 aromatic heterocycles. The molecule has 2 amide bonds. The molecule has 0 radical (unpaired) electrons. The Kier molecular flexibility index (Phi) is 5.04. The van der Waals surface area contributed by atoms with E-state index in [2.05, 4.69) is 5.32 Å². The van der Waals surface area contributed by atoms with Crippen molar-refractivity contribution >= 4 is 23.4 Å². The molecule has 0 bridgehead atoms. The van der Waals surface area contributed by atoms with E-state index in [0.29, 0.717) is 18.7 Å². The summed E-state index contributed by atoms with van der Waals surface area (Å²) in [5.41, 5.74) is -0.757. The molecule has 3 heterocycles. The van der Waals surface area contributed by atoms with E-state index in [-0.39, 0.29) is 34.8 Å². The van der Waals surface area contributed by atoms with Gasteiger partial charge in [-0.2, -0.15) is 0 Å². The first-order valence-corrected chi connectivity index (χ1v) is 9.74. The van der Waals surface area contributed by atoms with Crippen molar-refractivity contribution in [1.29, 1.82) is 0 Å². The average molecular weight is 420 g/mol. The molecule has 1 fully saturated rings. The summed E-state index contributed by atoms with van der Waals surface area (Å²) in [4.78, 5) is 39.5. The highest BCUT2D eigenvalue weighted by atomic mass is 35.5. The highest BCUT2D eigenvalue weighted by molar-refractivity contribution is 6.31. The maximum Gasteiger partial charge on any atom is 0.274 e. The first-order valence-electron chi connectivity index (χ1n) is 9.36. The molecule has 29 heavy (non-hydrogen) atoms. The van der Waals surface area contributed by atoms with E-state index < -0.39 is 22.9 Å². The third-order valence-electron chi connectivity index (χ3n) is 5.45. The molecule has 7 nitrogen and oxygen atoms in total. The Bertz CT molecular complexity index is 1070. The fourth-order valence-corrected chi connectivity index (χ4v) is 4.17. The number of rotatable bonds is 3. The molecular weight excluding hydrogens is 401 g/mol. The molecule has 0 saturated carbocycles. The quantitative estimate of drug-likeness (QED) is 0.798. The van der Waals surface area contributed by atoms with Gasteiger partial charge in [-0.3, -0.25) is 14.4 Å². The van der Waals surface area contributed by atoms with Crippen LogP contribution in [0.25, 0.3) is 0 Å². The minimum absolute atomic E-state index is 0.0143. The van der Waals surface area contributed by atoms with Crippen LogP contribution in [-0.4, -0.2) is 39.0 Å². The van der Waals surface area contributed by atoms with Crippen LogP contribution in [0.1, 0.15) is 45.7 Å². The Balaban J connectivity index is 1.61. The average Bonchev–Trinajstić information content (AvgIpc) is 2.70. The van der Waals surface area contributed by atoms with Crippen molar-refractivity contribution in [1.82, 2.24) is 14.8 Å². The van der Waals surface area contributed by atoms with Crippen LogP contribution in [0.4, 0.5) is 4.39 Å². The Morgan fingerprint density at radius 1 is 1.31 bits per heavy atom. The van der Waals surface area contributed by atoms with Gasteiger partial charge < -0.3 is 19.9 Å². The number of halogens is 2. The third-order valence-corrected chi connectivity index (χ3v) is 5.81. The molecule has 2 aromatic rings. The number of nitrogens with zero attached hydrogens (tertiary/aromatic N) is 2. The molecule has 4 rings (SSSR count). The van der Waals surface area contributed by atoms with Gasteiger partial charge in [-0.15, -0.1) is 0 Å². The molecular formula is C20H19ClFN3O4. The maximum absolute atomic E-state index is 13.1. The van der Waals surface area contributed by atoms with Crippen molar-refractivity contribution in [2.75, 3.05) is 6.54 Å². The summed E-state index contributed by atoms with van der Waals surface area (Å²) in [6.45, 7) is 0.992. The normalized spacial score (nSPS) is 18.2. The van der Waals surface area contributed by atoms with Gasteiger partial charge in [0.2, 0.25) is 5.43 Å². The lowest BCUT2D eigenvalue weighted by molar-refractivity contribution is 0.0504. The molecule has 0 spiro atoms. The number of pyridine rings is 1. The van der Waals surface area contributed by atoms with E-state index in [4.69, 9.17) is 11.6 Å². The number of hydrogen-bond acceptors (Lipinski definition) is 4. The molecule has 2 N–H and O–H groups in total. The van der Waals surface area contributed by atoms with Crippen LogP contribution in [0.15, 0.2) is 29.2 Å². The smallest absolute Gasteiger partial charge is 0.274 e. The number of benzene rings is 1. The van der Waals surface area contributed by atoms with E-state index >= 15 is 0 Å². The molecule has 1 unspecified atom stereocenters. The van der Waals surface area contributed by atoms with Gasteiger partial charge in [0.25, 0.3) is 11.8 Å². The number of piperidine rings is 1. The Labute approximate surface area is 170 Å². The number of fused-ring (bicyclic) bond motifs is 2. The zero-order valence-corrected chi connectivity index (χ0v) is 16.2. The number of carbonyl (C=O) groups is 2. The van der Waals surface area contributed by atoms with Crippen LogP contribution in [0.3, 0.4) is 0 Å². The van der Waals surface area contributed by atoms with E-state index in [0.717, 1.165) is 25.3 Å². The zero-order chi connectivity index (χ0) is 20.7. The molecule has 1 atom stereocenters. The molecule has 0 aliphatic carbocycles. The fourth-order valence-electron chi connectivity index (χ4n) is 3.94. The van der Waals surface area contributed by atoms with Gasteiger partial charge in [-0.1, -0.05) is 17.7 Å². The molecule has 9 heteroatoms. The molecule has 1 saturated heterocycles. The number of carbonyl (C=O) groups excluding carboxylic acids is 2. The molecule has 1 aromatic carbocycles. The summed E-state index contributed by atoms with van der Waals surface area (Å²) in [6, 6.07) is 3.77. The summed E-state index contributed by atoms with van der Waals surface area (Å²) in [5, 5.41) is 13.1. The van der Waals surface area contributed by atoms with Crippen molar-refractivity contribution in [2.45, 2.75) is 38.4 Å². The largest absolute Gasteiger partial charge is 0.503 e. The van der Waals surface area contributed by atoms with Gasteiger partial charge in [0.1, 0.15) is 11.4 Å². The summed E-state index contributed by atoms with van der Waals surface area (Å²) < 4.78 is 14.6. The van der Waals surface area contributed by atoms with Gasteiger partial charge in [0.15, 0.2) is 11.4 Å². The van der Waals surface area contributed by atoms with Crippen LogP contribution < -0.4 is 10.7 Å². The van der Waals surface area contributed by atoms with Crippen molar-refractivity contribution in [3.05, 3.63) is 62.3 Å². The summed E-state index contributed by atoms with van der Waals surface area (Å²) >= 11 is 5.95. The summed E-state index contributed by atoms with van der Waals surface area (Å²) in [7, 11) is 0.